The lowest BCUT2D eigenvalue weighted by Crippen LogP contribution is -2.30. The third-order valence-electron chi connectivity index (χ3n) is 8.29. The van der Waals surface area contributed by atoms with Crippen molar-refractivity contribution in [2.45, 2.75) is 79.8 Å². The first-order chi connectivity index (χ1) is 21.2. The standard InChI is InChI=1S/C35H43ClN4O4/c1-8-11-18-29(22(4)9-2)39(6)32(23(5)10-3)34(42)37-27-17-13-15-25(33(27)43-7)24-14-12-16-26(31(24)36)35-38-28-19-40(21-41)20-30(28)44-35/h12-17,21H,8-11,18-20H2,1-7H3,(H,37,42)/b29-22+,32-23+. The largest absolute Gasteiger partial charge is 0.494 e. The van der Waals surface area contributed by atoms with E-state index in [9.17, 15) is 9.59 Å². The van der Waals surface area contributed by atoms with Gasteiger partial charge in [-0.1, -0.05) is 68.6 Å². The SMILES string of the molecule is CCCC/C(=C(/C)CC)N(C)/C(C(=O)Nc1cccc(-c2cccc(-c3nc4c(o3)CN(C=O)C4)c2Cl)c1OC)=C(\C)CC. The van der Waals surface area contributed by atoms with Gasteiger partial charge in [0.05, 0.1) is 36.5 Å². The Balaban J connectivity index is 1.70. The lowest BCUT2D eigenvalue weighted by molar-refractivity contribution is -0.118. The van der Waals surface area contributed by atoms with Gasteiger partial charge in [0, 0.05) is 23.9 Å². The number of nitrogens with zero attached hydrogens (tertiary/aromatic N) is 3. The molecule has 2 heterocycles. The molecule has 0 spiro atoms. The number of fused-ring (bicyclic) bond motifs is 1. The molecule has 4 rings (SSSR count). The van der Waals surface area contributed by atoms with E-state index in [-0.39, 0.29) is 5.91 Å². The summed E-state index contributed by atoms with van der Waals surface area (Å²) < 4.78 is 11.9. The molecule has 0 fully saturated rings. The number of carbonyl (C=O) groups excluding carboxylic acids is 2. The Hall–Kier alpha value is -4.04. The van der Waals surface area contributed by atoms with Gasteiger partial charge in [-0.05, 0) is 57.2 Å². The molecule has 0 unspecified atom stereocenters. The number of aromatic nitrogens is 1. The van der Waals surface area contributed by atoms with E-state index in [0.29, 0.717) is 58.0 Å². The van der Waals surface area contributed by atoms with Crippen molar-refractivity contribution >= 4 is 29.6 Å². The van der Waals surface area contributed by atoms with Gasteiger partial charge in [0.1, 0.15) is 22.9 Å². The first kappa shape index (κ1) is 32.9. The Morgan fingerprint density at radius 3 is 2.39 bits per heavy atom. The first-order valence-electron chi connectivity index (χ1n) is 15.3. The number of benzene rings is 2. The average molecular weight is 619 g/mol. The number of carbonyl (C=O) groups is 2. The second-order valence-corrected chi connectivity index (χ2v) is 11.5. The molecule has 0 aliphatic carbocycles. The van der Waals surface area contributed by atoms with Crippen LogP contribution in [0.2, 0.25) is 5.02 Å². The Morgan fingerprint density at radius 1 is 1.07 bits per heavy atom. The number of allylic oxidation sites excluding steroid dienone is 3. The quantitative estimate of drug-likeness (QED) is 0.152. The smallest absolute Gasteiger partial charge is 0.272 e. The van der Waals surface area contributed by atoms with Gasteiger partial charge < -0.3 is 24.3 Å². The number of ether oxygens (including phenoxy) is 1. The summed E-state index contributed by atoms with van der Waals surface area (Å²) >= 11 is 6.99. The molecule has 0 saturated heterocycles. The van der Waals surface area contributed by atoms with Crippen molar-refractivity contribution in [2.24, 2.45) is 0 Å². The first-order valence-corrected chi connectivity index (χ1v) is 15.6. The number of rotatable bonds is 13. The van der Waals surface area contributed by atoms with Crippen molar-refractivity contribution < 1.29 is 18.7 Å². The molecule has 44 heavy (non-hydrogen) atoms. The number of methoxy groups -OCH3 is 1. The van der Waals surface area contributed by atoms with Gasteiger partial charge >= 0.3 is 0 Å². The van der Waals surface area contributed by atoms with Gasteiger partial charge in [0.25, 0.3) is 5.91 Å². The number of hydrogen-bond donors (Lipinski definition) is 1. The lowest BCUT2D eigenvalue weighted by Gasteiger charge is -2.29. The average Bonchev–Trinajstić information content (AvgIpc) is 3.60. The van der Waals surface area contributed by atoms with E-state index in [4.69, 9.17) is 20.8 Å². The summed E-state index contributed by atoms with van der Waals surface area (Å²) in [4.78, 5) is 33.5. The number of anilines is 1. The molecule has 1 N–H and O–H groups in total. The van der Waals surface area contributed by atoms with Crippen molar-refractivity contribution in [3.8, 4) is 28.3 Å². The van der Waals surface area contributed by atoms with Crippen LogP contribution in [0, 0.1) is 0 Å². The second kappa shape index (κ2) is 14.6. The molecule has 2 amide bonds. The van der Waals surface area contributed by atoms with Crippen molar-refractivity contribution in [2.75, 3.05) is 19.5 Å². The van der Waals surface area contributed by atoms with Gasteiger partial charge in [0.15, 0.2) is 0 Å². The minimum atomic E-state index is -0.196. The number of hydrogen-bond acceptors (Lipinski definition) is 6. The molecule has 9 heteroatoms. The van der Waals surface area contributed by atoms with Crippen molar-refractivity contribution in [1.82, 2.24) is 14.8 Å². The van der Waals surface area contributed by atoms with E-state index in [1.165, 1.54) is 11.3 Å². The molecule has 234 valence electrons. The Morgan fingerprint density at radius 2 is 1.75 bits per heavy atom. The number of nitrogens with one attached hydrogen (secondary N) is 1. The third-order valence-corrected chi connectivity index (χ3v) is 8.70. The van der Waals surface area contributed by atoms with E-state index >= 15 is 0 Å². The molecule has 1 aliphatic rings. The highest BCUT2D eigenvalue weighted by molar-refractivity contribution is 6.36. The zero-order valence-corrected chi connectivity index (χ0v) is 27.6. The van der Waals surface area contributed by atoms with Crippen LogP contribution in [-0.4, -0.2) is 41.3 Å². The molecule has 3 aromatic rings. The van der Waals surface area contributed by atoms with Gasteiger partial charge in [-0.15, -0.1) is 0 Å². The van der Waals surface area contributed by atoms with Crippen LogP contribution >= 0.6 is 11.6 Å². The molecule has 0 atom stereocenters. The van der Waals surface area contributed by atoms with E-state index < -0.39 is 0 Å². The zero-order valence-electron chi connectivity index (χ0n) is 26.8. The molecule has 0 bridgehead atoms. The van der Waals surface area contributed by atoms with Crippen LogP contribution in [0.1, 0.15) is 78.2 Å². The molecule has 1 aromatic heterocycles. The Labute approximate surface area is 265 Å². The predicted molar refractivity (Wildman–Crippen MR) is 176 cm³/mol. The fourth-order valence-electron chi connectivity index (χ4n) is 5.56. The normalized spacial score (nSPS) is 13.7. The van der Waals surface area contributed by atoms with Gasteiger partial charge in [-0.3, -0.25) is 9.59 Å². The summed E-state index contributed by atoms with van der Waals surface area (Å²) in [6.45, 7) is 11.3. The number of oxazole rings is 1. The Bertz CT molecular complexity index is 1570. The van der Waals surface area contributed by atoms with Crippen LogP contribution in [0.25, 0.3) is 22.6 Å². The predicted octanol–water partition coefficient (Wildman–Crippen LogP) is 8.57. The highest BCUT2D eigenvalue weighted by Crippen LogP contribution is 2.43. The van der Waals surface area contributed by atoms with E-state index in [1.807, 2.05) is 50.4 Å². The van der Waals surface area contributed by atoms with E-state index in [1.54, 1.807) is 12.0 Å². The summed E-state index contributed by atoms with van der Waals surface area (Å²) in [7, 11) is 3.58. The molecule has 0 saturated carbocycles. The summed E-state index contributed by atoms with van der Waals surface area (Å²) in [5, 5.41) is 3.59. The minimum absolute atomic E-state index is 0.196. The number of halogens is 1. The van der Waals surface area contributed by atoms with Gasteiger partial charge in [-0.25, -0.2) is 4.98 Å². The maximum atomic E-state index is 14.0. The zero-order chi connectivity index (χ0) is 32.0. The van der Waals surface area contributed by atoms with Crippen molar-refractivity contribution in [1.29, 1.82) is 0 Å². The minimum Gasteiger partial charge on any atom is -0.494 e. The lowest BCUT2D eigenvalue weighted by atomic mass is 10.0. The van der Waals surface area contributed by atoms with Gasteiger partial charge in [-0.2, -0.15) is 0 Å². The monoisotopic (exact) mass is 618 g/mol. The molecule has 2 aromatic carbocycles. The van der Waals surface area contributed by atoms with Crippen LogP contribution in [0.15, 0.2) is 63.4 Å². The fraction of sp³-hybridized carbons (Fsp3) is 0.400. The van der Waals surface area contributed by atoms with Crippen molar-refractivity contribution in [3.05, 3.63) is 75.4 Å². The number of para-hydroxylation sites is 1. The van der Waals surface area contributed by atoms with Gasteiger partial charge in [0.2, 0.25) is 12.3 Å². The third kappa shape index (κ3) is 6.70. The summed E-state index contributed by atoms with van der Waals surface area (Å²) in [6, 6.07) is 11.3. The van der Waals surface area contributed by atoms with Crippen LogP contribution in [0.5, 0.6) is 5.75 Å². The van der Waals surface area contributed by atoms with Crippen molar-refractivity contribution in [3.63, 3.8) is 0 Å². The number of likely N-dealkylation sites (N-methyl/N-ethyl adjacent to an activating group) is 1. The summed E-state index contributed by atoms with van der Waals surface area (Å²) in [5.74, 6) is 1.37. The highest BCUT2D eigenvalue weighted by atomic mass is 35.5. The molecule has 0 radical (unpaired) electrons. The Kier molecular flexibility index (Phi) is 10.9. The number of amides is 2. The van der Waals surface area contributed by atoms with Crippen LogP contribution < -0.4 is 10.1 Å². The number of unbranched alkanes of at least 4 members (excludes halogenated alkanes) is 1. The van der Waals surface area contributed by atoms with Crippen LogP contribution in [0.3, 0.4) is 0 Å². The van der Waals surface area contributed by atoms with Crippen LogP contribution in [-0.2, 0) is 22.7 Å². The maximum Gasteiger partial charge on any atom is 0.272 e. The molecule has 8 nitrogen and oxygen atoms in total. The van der Waals surface area contributed by atoms with E-state index in [2.05, 4.69) is 42.9 Å². The summed E-state index contributed by atoms with van der Waals surface area (Å²) in [6.07, 6.45) is 5.51. The summed E-state index contributed by atoms with van der Waals surface area (Å²) in [5.41, 5.74) is 7.46. The molecular weight excluding hydrogens is 576 g/mol. The second-order valence-electron chi connectivity index (χ2n) is 11.1. The van der Waals surface area contributed by atoms with E-state index in [0.717, 1.165) is 55.3 Å². The molecular formula is C35H43ClN4O4. The maximum absolute atomic E-state index is 14.0. The topological polar surface area (TPSA) is 87.9 Å². The van der Waals surface area contributed by atoms with Crippen LogP contribution in [0.4, 0.5) is 5.69 Å². The highest BCUT2D eigenvalue weighted by Gasteiger charge is 2.27. The fourth-order valence-corrected chi connectivity index (χ4v) is 5.87. The molecule has 1 aliphatic heterocycles.